The Morgan fingerprint density at radius 1 is 1.33 bits per heavy atom. The molecule has 1 saturated heterocycles. The topological polar surface area (TPSA) is 66.6 Å². The van der Waals surface area contributed by atoms with Crippen molar-refractivity contribution >= 4 is 11.8 Å². The Morgan fingerprint density at radius 3 is 2.40 bits per heavy atom. The van der Waals surface area contributed by atoms with Gasteiger partial charge in [0.15, 0.2) is 0 Å². The number of piperazine rings is 1. The summed E-state index contributed by atoms with van der Waals surface area (Å²) in [6, 6.07) is -0.346. The lowest BCUT2D eigenvalue weighted by Gasteiger charge is -2.38. The molecule has 0 aromatic rings. The number of carbonyl (C=O) groups is 2. The van der Waals surface area contributed by atoms with Crippen molar-refractivity contribution in [2.45, 2.75) is 19.9 Å². The van der Waals surface area contributed by atoms with E-state index in [9.17, 15) is 9.59 Å². The largest absolute Gasteiger partial charge is 0.368 e. The van der Waals surface area contributed by atoms with Crippen molar-refractivity contribution in [2.24, 2.45) is 11.7 Å². The lowest BCUT2D eigenvalue weighted by molar-refractivity contribution is -0.139. The van der Waals surface area contributed by atoms with Crippen molar-refractivity contribution in [1.29, 1.82) is 0 Å². The predicted octanol–water partition coefficient (Wildman–Crippen LogP) is -0.730. The van der Waals surface area contributed by atoms with Gasteiger partial charge in [-0.2, -0.15) is 0 Å². The lowest BCUT2D eigenvalue weighted by atomic mass is 10.1. The van der Waals surface area contributed by atoms with Crippen LogP contribution in [0, 0.1) is 5.92 Å². The Hall–Kier alpha value is -1.10. The summed E-state index contributed by atoms with van der Waals surface area (Å²) in [6.07, 6.45) is 0. The molecule has 2 N–H and O–H groups in total. The molecule has 0 bridgehead atoms. The first-order chi connectivity index (χ1) is 6.93. The molecular weight excluding hydrogens is 194 g/mol. The van der Waals surface area contributed by atoms with Gasteiger partial charge in [-0.25, -0.2) is 0 Å². The first-order valence-corrected chi connectivity index (χ1v) is 5.21. The summed E-state index contributed by atoms with van der Waals surface area (Å²) in [4.78, 5) is 26.5. The van der Waals surface area contributed by atoms with E-state index in [4.69, 9.17) is 5.73 Å². The molecule has 1 fully saturated rings. The van der Waals surface area contributed by atoms with Gasteiger partial charge in [0.2, 0.25) is 11.8 Å². The number of carbonyl (C=O) groups excluding carboxylic acids is 2. The molecule has 86 valence electrons. The highest BCUT2D eigenvalue weighted by Gasteiger charge is 2.31. The lowest BCUT2D eigenvalue weighted by Crippen LogP contribution is -2.58. The van der Waals surface area contributed by atoms with Crippen LogP contribution < -0.4 is 5.73 Å². The van der Waals surface area contributed by atoms with Crippen LogP contribution in [-0.2, 0) is 9.59 Å². The van der Waals surface area contributed by atoms with E-state index in [1.54, 1.807) is 4.90 Å². The zero-order chi connectivity index (χ0) is 11.6. The minimum absolute atomic E-state index is 0.0260. The van der Waals surface area contributed by atoms with Crippen molar-refractivity contribution in [2.75, 3.05) is 26.7 Å². The van der Waals surface area contributed by atoms with Gasteiger partial charge in [-0.3, -0.25) is 14.5 Å². The standard InChI is InChI=1S/C10H19N3O2/c1-7(2)10(15)13-5-4-12(3)8(6-13)9(11)14/h7-8H,4-6H2,1-3H3,(H2,11,14)/t8-/m0/s1. The molecular formula is C10H19N3O2. The summed E-state index contributed by atoms with van der Waals surface area (Å²) in [7, 11) is 1.85. The van der Waals surface area contributed by atoms with Crippen molar-refractivity contribution < 1.29 is 9.59 Å². The molecule has 1 aliphatic heterocycles. The highest BCUT2D eigenvalue weighted by molar-refractivity contribution is 5.83. The zero-order valence-electron chi connectivity index (χ0n) is 9.56. The third-order valence-corrected chi connectivity index (χ3v) is 2.78. The molecule has 5 nitrogen and oxygen atoms in total. The Labute approximate surface area is 90.2 Å². The van der Waals surface area contributed by atoms with Crippen LogP contribution in [0.4, 0.5) is 0 Å². The molecule has 5 heteroatoms. The summed E-state index contributed by atoms with van der Waals surface area (Å²) in [6.45, 7) is 5.52. The number of nitrogens with two attached hydrogens (primary N) is 1. The van der Waals surface area contributed by atoms with Gasteiger partial charge in [0, 0.05) is 25.6 Å². The minimum atomic E-state index is -0.362. The second-order valence-corrected chi connectivity index (χ2v) is 4.34. The monoisotopic (exact) mass is 213 g/mol. The van der Waals surface area contributed by atoms with Crippen molar-refractivity contribution in [3.8, 4) is 0 Å². The van der Waals surface area contributed by atoms with E-state index in [2.05, 4.69) is 0 Å². The number of amides is 2. The zero-order valence-corrected chi connectivity index (χ0v) is 9.56. The molecule has 2 amide bonds. The van der Waals surface area contributed by atoms with E-state index < -0.39 is 0 Å². The van der Waals surface area contributed by atoms with Gasteiger partial charge in [-0.05, 0) is 7.05 Å². The summed E-state index contributed by atoms with van der Waals surface area (Å²) in [5, 5.41) is 0. The SMILES string of the molecule is CC(C)C(=O)N1CCN(C)[C@H](C(N)=O)C1. The normalized spacial score (nSPS) is 23.2. The maximum Gasteiger partial charge on any atom is 0.236 e. The fourth-order valence-corrected chi connectivity index (χ4v) is 1.75. The van der Waals surface area contributed by atoms with Gasteiger partial charge in [0.05, 0.1) is 0 Å². The molecule has 1 rings (SSSR count). The van der Waals surface area contributed by atoms with Crippen LogP contribution in [0.2, 0.25) is 0 Å². The molecule has 0 saturated carbocycles. The molecule has 15 heavy (non-hydrogen) atoms. The number of rotatable bonds is 2. The molecule has 0 radical (unpaired) electrons. The number of primary amides is 1. The first kappa shape index (κ1) is 12.0. The van der Waals surface area contributed by atoms with Gasteiger partial charge in [0.25, 0.3) is 0 Å². The van der Waals surface area contributed by atoms with E-state index >= 15 is 0 Å². The van der Waals surface area contributed by atoms with Gasteiger partial charge < -0.3 is 10.6 Å². The Balaban J connectivity index is 2.65. The maximum atomic E-state index is 11.7. The van der Waals surface area contributed by atoms with Crippen LogP contribution in [0.1, 0.15) is 13.8 Å². The fraction of sp³-hybridized carbons (Fsp3) is 0.800. The van der Waals surface area contributed by atoms with Gasteiger partial charge in [0.1, 0.15) is 6.04 Å². The summed E-state index contributed by atoms with van der Waals surface area (Å²) >= 11 is 0. The maximum absolute atomic E-state index is 11.7. The second kappa shape index (κ2) is 4.61. The van der Waals surface area contributed by atoms with Crippen LogP contribution in [0.3, 0.4) is 0 Å². The fourth-order valence-electron chi connectivity index (χ4n) is 1.75. The summed E-state index contributed by atoms with van der Waals surface area (Å²) < 4.78 is 0. The van der Waals surface area contributed by atoms with Gasteiger partial charge >= 0.3 is 0 Å². The number of hydrogen-bond donors (Lipinski definition) is 1. The molecule has 1 heterocycles. The van der Waals surface area contributed by atoms with Gasteiger partial charge in [-0.15, -0.1) is 0 Å². The number of hydrogen-bond acceptors (Lipinski definition) is 3. The molecule has 0 spiro atoms. The van der Waals surface area contributed by atoms with Crippen LogP contribution in [0.15, 0.2) is 0 Å². The average Bonchev–Trinajstić information content (AvgIpc) is 2.16. The molecule has 0 unspecified atom stereocenters. The highest BCUT2D eigenvalue weighted by atomic mass is 16.2. The molecule has 0 aliphatic carbocycles. The highest BCUT2D eigenvalue weighted by Crippen LogP contribution is 2.10. The third-order valence-electron chi connectivity index (χ3n) is 2.78. The van der Waals surface area contributed by atoms with Crippen LogP contribution >= 0.6 is 0 Å². The van der Waals surface area contributed by atoms with E-state index in [1.807, 2.05) is 25.8 Å². The smallest absolute Gasteiger partial charge is 0.236 e. The quantitative estimate of drug-likeness (QED) is 0.657. The summed E-state index contributed by atoms with van der Waals surface area (Å²) in [5.41, 5.74) is 5.28. The third kappa shape index (κ3) is 2.68. The van der Waals surface area contributed by atoms with E-state index in [-0.39, 0.29) is 23.8 Å². The van der Waals surface area contributed by atoms with Crippen molar-refractivity contribution in [3.05, 3.63) is 0 Å². The van der Waals surface area contributed by atoms with Crippen LogP contribution in [0.25, 0.3) is 0 Å². The average molecular weight is 213 g/mol. The Morgan fingerprint density at radius 2 is 1.93 bits per heavy atom. The predicted molar refractivity (Wildman–Crippen MR) is 57.0 cm³/mol. The number of nitrogens with zero attached hydrogens (tertiary/aromatic N) is 2. The van der Waals surface area contributed by atoms with E-state index in [0.717, 1.165) is 0 Å². The minimum Gasteiger partial charge on any atom is -0.368 e. The van der Waals surface area contributed by atoms with E-state index in [0.29, 0.717) is 19.6 Å². The van der Waals surface area contributed by atoms with Gasteiger partial charge in [-0.1, -0.05) is 13.8 Å². The first-order valence-electron chi connectivity index (χ1n) is 5.21. The van der Waals surface area contributed by atoms with Crippen LogP contribution in [-0.4, -0.2) is 54.3 Å². The Kier molecular flexibility index (Phi) is 3.68. The van der Waals surface area contributed by atoms with Crippen molar-refractivity contribution in [1.82, 2.24) is 9.80 Å². The molecule has 0 aromatic heterocycles. The molecule has 1 aliphatic rings. The van der Waals surface area contributed by atoms with Crippen LogP contribution in [0.5, 0.6) is 0 Å². The number of likely N-dealkylation sites (N-methyl/N-ethyl adjacent to an activating group) is 1. The molecule has 1 atom stereocenters. The van der Waals surface area contributed by atoms with Crippen molar-refractivity contribution in [3.63, 3.8) is 0 Å². The second-order valence-electron chi connectivity index (χ2n) is 4.34. The summed E-state index contributed by atoms with van der Waals surface area (Å²) in [5.74, 6) is -0.296. The Bertz CT molecular complexity index is 265. The molecule has 0 aromatic carbocycles. The van der Waals surface area contributed by atoms with E-state index in [1.165, 1.54) is 0 Å².